The second-order valence-corrected chi connectivity index (χ2v) is 7.38. The summed E-state index contributed by atoms with van der Waals surface area (Å²) in [6, 6.07) is 14.5. The first kappa shape index (κ1) is 19.5. The Kier molecular flexibility index (Phi) is 6.98. The number of amides is 2. The molecule has 1 heterocycles. The van der Waals surface area contributed by atoms with Gasteiger partial charge < -0.3 is 9.64 Å². The number of hydrazine groups is 1. The number of hydrogen-bond acceptors (Lipinski definition) is 5. The molecule has 0 unspecified atom stereocenters. The second kappa shape index (κ2) is 9.64. The second-order valence-electron chi connectivity index (χ2n) is 5.89. The average molecular weight is 406 g/mol. The first-order valence-corrected chi connectivity index (χ1v) is 9.88. The van der Waals surface area contributed by atoms with E-state index in [1.165, 1.54) is 11.8 Å². The molecule has 0 aromatic heterocycles. The summed E-state index contributed by atoms with van der Waals surface area (Å²) in [6.45, 7) is 3.10. The van der Waals surface area contributed by atoms with Gasteiger partial charge in [-0.15, -0.1) is 11.8 Å². The van der Waals surface area contributed by atoms with Crippen LogP contribution in [0.2, 0.25) is 5.02 Å². The molecule has 0 spiro atoms. The van der Waals surface area contributed by atoms with Crippen molar-refractivity contribution in [3.8, 4) is 0 Å². The molecule has 0 aliphatic carbocycles. The molecule has 27 heavy (non-hydrogen) atoms. The van der Waals surface area contributed by atoms with E-state index >= 15 is 0 Å². The molecule has 2 N–H and O–H groups in total. The molecular formula is C19H20ClN3O3S. The van der Waals surface area contributed by atoms with E-state index in [-0.39, 0.29) is 17.6 Å². The molecule has 1 fully saturated rings. The zero-order chi connectivity index (χ0) is 19.1. The number of morpholine rings is 1. The van der Waals surface area contributed by atoms with E-state index in [1.54, 1.807) is 24.3 Å². The molecule has 0 bridgehead atoms. The van der Waals surface area contributed by atoms with Crippen molar-refractivity contribution in [3.63, 3.8) is 0 Å². The predicted molar refractivity (Wildman–Crippen MR) is 107 cm³/mol. The van der Waals surface area contributed by atoms with Crippen LogP contribution in [0.3, 0.4) is 0 Å². The molecule has 2 amide bonds. The molecule has 1 aliphatic heterocycles. The number of nitrogens with zero attached hydrogens (tertiary/aromatic N) is 1. The Morgan fingerprint density at radius 1 is 1.00 bits per heavy atom. The Balaban J connectivity index is 1.44. The van der Waals surface area contributed by atoms with E-state index in [0.29, 0.717) is 23.8 Å². The highest BCUT2D eigenvalue weighted by Crippen LogP contribution is 2.20. The molecule has 2 aromatic carbocycles. The molecule has 0 saturated carbocycles. The van der Waals surface area contributed by atoms with Crippen molar-refractivity contribution in [2.75, 3.05) is 37.0 Å². The Morgan fingerprint density at radius 2 is 1.67 bits per heavy atom. The number of ether oxygens (including phenoxy) is 1. The summed E-state index contributed by atoms with van der Waals surface area (Å²) in [4.78, 5) is 27.2. The largest absolute Gasteiger partial charge is 0.378 e. The number of thioether (sulfide) groups is 1. The normalized spacial score (nSPS) is 13.9. The molecule has 3 rings (SSSR count). The van der Waals surface area contributed by atoms with Gasteiger partial charge in [0.25, 0.3) is 5.91 Å². The summed E-state index contributed by atoms with van der Waals surface area (Å²) in [7, 11) is 0. The quantitative estimate of drug-likeness (QED) is 0.591. The smallest absolute Gasteiger partial charge is 0.269 e. The lowest BCUT2D eigenvalue weighted by Gasteiger charge is -2.28. The summed E-state index contributed by atoms with van der Waals surface area (Å²) in [5.41, 5.74) is 6.40. The maximum absolute atomic E-state index is 12.2. The summed E-state index contributed by atoms with van der Waals surface area (Å²) >= 11 is 7.19. The third-order valence-electron chi connectivity index (χ3n) is 4.00. The van der Waals surface area contributed by atoms with Crippen molar-refractivity contribution in [2.45, 2.75) is 4.90 Å². The minimum absolute atomic E-state index is 0.192. The monoisotopic (exact) mass is 405 g/mol. The van der Waals surface area contributed by atoms with Gasteiger partial charge in [0.05, 0.1) is 19.0 Å². The van der Waals surface area contributed by atoms with Crippen LogP contribution in [-0.4, -0.2) is 43.9 Å². The summed E-state index contributed by atoms with van der Waals surface area (Å²) in [6.07, 6.45) is 0. The van der Waals surface area contributed by atoms with Gasteiger partial charge in [0, 0.05) is 34.3 Å². The van der Waals surface area contributed by atoms with E-state index in [1.807, 2.05) is 24.3 Å². The van der Waals surface area contributed by atoms with Crippen LogP contribution in [0.5, 0.6) is 0 Å². The lowest BCUT2D eigenvalue weighted by molar-refractivity contribution is -0.119. The number of hydrogen-bond donors (Lipinski definition) is 2. The average Bonchev–Trinajstić information content (AvgIpc) is 2.72. The molecule has 142 valence electrons. The van der Waals surface area contributed by atoms with Crippen LogP contribution in [0.25, 0.3) is 0 Å². The lowest BCUT2D eigenvalue weighted by Crippen LogP contribution is -2.42. The van der Waals surface area contributed by atoms with Crippen LogP contribution >= 0.6 is 23.4 Å². The topological polar surface area (TPSA) is 70.7 Å². The molecule has 0 atom stereocenters. The molecule has 1 aliphatic rings. The third-order valence-corrected chi connectivity index (χ3v) is 5.27. The number of anilines is 1. The zero-order valence-corrected chi connectivity index (χ0v) is 16.2. The van der Waals surface area contributed by atoms with Crippen LogP contribution in [0.1, 0.15) is 10.4 Å². The Hall–Kier alpha value is -2.22. The third kappa shape index (κ3) is 5.89. The predicted octanol–water partition coefficient (Wildman–Crippen LogP) is 2.73. The first-order valence-electron chi connectivity index (χ1n) is 8.52. The molecule has 0 radical (unpaired) electrons. The highest BCUT2D eigenvalue weighted by molar-refractivity contribution is 8.00. The van der Waals surface area contributed by atoms with Gasteiger partial charge in [-0.25, -0.2) is 0 Å². The van der Waals surface area contributed by atoms with Gasteiger partial charge in [-0.1, -0.05) is 11.6 Å². The van der Waals surface area contributed by atoms with E-state index in [0.717, 1.165) is 23.7 Å². The lowest BCUT2D eigenvalue weighted by atomic mass is 10.2. The Labute approximate surface area is 167 Å². The molecule has 8 heteroatoms. The fourth-order valence-corrected chi connectivity index (χ4v) is 3.38. The van der Waals surface area contributed by atoms with Crippen LogP contribution in [0, 0.1) is 0 Å². The van der Waals surface area contributed by atoms with Crippen molar-refractivity contribution in [2.24, 2.45) is 0 Å². The molecule has 6 nitrogen and oxygen atoms in total. The highest BCUT2D eigenvalue weighted by Gasteiger charge is 2.12. The van der Waals surface area contributed by atoms with E-state index in [2.05, 4.69) is 15.8 Å². The summed E-state index contributed by atoms with van der Waals surface area (Å²) in [5, 5.41) is 0.649. The minimum atomic E-state index is -0.353. The summed E-state index contributed by atoms with van der Waals surface area (Å²) in [5.74, 6) is -0.445. The SMILES string of the molecule is O=C(CSc1ccc(Cl)cc1)NNC(=O)c1ccc(N2CCOCC2)cc1. The van der Waals surface area contributed by atoms with E-state index in [4.69, 9.17) is 16.3 Å². The standard InChI is InChI=1S/C19H20ClN3O3S/c20-15-3-7-17(8-4-15)27-13-18(24)21-22-19(25)14-1-5-16(6-2-14)23-9-11-26-12-10-23/h1-8H,9-13H2,(H,21,24)(H,22,25). The van der Waals surface area contributed by atoms with Gasteiger partial charge in [-0.3, -0.25) is 20.4 Å². The molecule has 2 aromatic rings. The van der Waals surface area contributed by atoms with Gasteiger partial charge in [-0.05, 0) is 48.5 Å². The van der Waals surface area contributed by atoms with Crippen LogP contribution in [0.4, 0.5) is 5.69 Å². The van der Waals surface area contributed by atoms with Gasteiger partial charge in [0.2, 0.25) is 5.91 Å². The van der Waals surface area contributed by atoms with E-state index in [9.17, 15) is 9.59 Å². The van der Waals surface area contributed by atoms with Gasteiger partial charge in [-0.2, -0.15) is 0 Å². The summed E-state index contributed by atoms with van der Waals surface area (Å²) < 4.78 is 5.34. The van der Waals surface area contributed by atoms with E-state index < -0.39 is 0 Å². The fraction of sp³-hybridized carbons (Fsp3) is 0.263. The van der Waals surface area contributed by atoms with Crippen molar-refractivity contribution >= 4 is 40.9 Å². The Bertz CT molecular complexity index is 778. The number of carbonyl (C=O) groups is 2. The maximum atomic E-state index is 12.2. The van der Waals surface area contributed by atoms with Crippen molar-refractivity contribution in [3.05, 3.63) is 59.1 Å². The number of nitrogens with one attached hydrogen (secondary N) is 2. The van der Waals surface area contributed by atoms with Gasteiger partial charge >= 0.3 is 0 Å². The van der Waals surface area contributed by atoms with Crippen LogP contribution < -0.4 is 15.8 Å². The first-order chi connectivity index (χ1) is 13.1. The molecule has 1 saturated heterocycles. The fourth-order valence-electron chi connectivity index (χ4n) is 2.56. The van der Waals surface area contributed by atoms with Crippen LogP contribution in [0.15, 0.2) is 53.4 Å². The highest BCUT2D eigenvalue weighted by atomic mass is 35.5. The molecular weight excluding hydrogens is 386 g/mol. The number of halogens is 1. The van der Waals surface area contributed by atoms with Gasteiger partial charge in [0.15, 0.2) is 0 Å². The van der Waals surface area contributed by atoms with Gasteiger partial charge in [0.1, 0.15) is 0 Å². The number of benzene rings is 2. The number of carbonyl (C=O) groups excluding carboxylic acids is 2. The number of rotatable bonds is 5. The van der Waals surface area contributed by atoms with Crippen molar-refractivity contribution in [1.82, 2.24) is 10.9 Å². The maximum Gasteiger partial charge on any atom is 0.269 e. The Morgan fingerprint density at radius 3 is 2.33 bits per heavy atom. The van der Waals surface area contributed by atoms with Crippen molar-refractivity contribution < 1.29 is 14.3 Å². The minimum Gasteiger partial charge on any atom is -0.378 e. The zero-order valence-electron chi connectivity index (χ0n) is 14.6. The van der Waals surface area contributed by atoms with Crippen LogP contribution in [-0.2, 0) is 9.53 Å². The van der Waals surface area contributed by atoms with Crippen molar-refractivity contribution in [1.29, 1.82) is 0 Å².